The molecular weight excluding hydrogens is 448 g/mol. The molecule has 1 unspecified atom stereocenters. The van der Waals surface area contributed by atoms with Gasteiger partial charge in [-0.15, -0.1) is 16.8 Å². The zero-order valence-electron chi connectivity index (χ0n) is 17.4. The lowest BCUT2D eigenvalue weighted by molar-refractivity contribution is -0.120. The van der Waals surface area contributed by atoms with Crippen molar-refractivity contribution in [3.63, 3.8) is 0 Å². The van der Waals surface area contributed by atoms with Crippen molar-refractivity contribution in [1.82, 2.24) is 20.2 Å². The van der Waals surface area contributed by atoms with E-state index in [2.05, 4.69) is 32.6 Å². The van der Waals surface area contributed by atoms with Gasteiger partial charge in [0.25, 0.3) is 5.91 Å². The summed E-state index contributed by atoms with van der Waals surface area (Å²) in [4.78, 5) is 12.4. The number of para-hydroxylation sites is 1. The normalized spacial score (nSPS) is 11.9. The quantitative estimate of drug-likeness (QED) is 0.178. The Kier molecular flexibility index (Phi) is 8.29. The van der Waals surface area contributed by atoms with Gasteiger partial charge in [0.05, 0.1) is 18.0 Å². The Balaban J connectivity index is 1.61. The number of phenolic OH excluding ortho intramolecular Hbond substituents is 1. The largest absolute Gasteiger partial charge is 0.507 e. The summed E-state index contributed by atoms with van der Waals surface area (Å²) in [5.74, 6) is 0.508. The summed E-state index contributed by atoms with van der Waals surface area (Å²) >= 11 is 7.20. The van der Waals surface area contributed by atoms with Gasteiger partial charge in [0.2, 0.25) is 0 Å². The number of benzene rings is 2. The first-order valence-electron chi connectivity index (χ1n) is 9.78. The molecule has 1 heterocycles. The van der Waals surface area contributed by atoms with Crippen LogP contribution in [-0.4, -0.2) is 37.2 Å². The van der Waals surface area contributed by atoms with E-state index < -0.39 is 5.25 Å². The number of halogens is 1. The number of hydrogen-bond acceptors (Lipinski definition) is 7. The van der Waals surface area contributed by atoms with Gasteiger partial charge in [-0.3, -0.25) is 4.79 Å². The molecule has 32 heavy (non-hydrogen) atoms. The van der Waals surface area contributed by atoms with E-state index in [0.717, 1.165) is 5.69 Å². The average molecular weight is 471 g/mol. The van der Waals surface area contributed by atoms with Crippen LogP contribution >= 0.6 is 23.4 Å². The number of nitrogens with one attached hydrogen (secondary N) is 2. The molecule has 8 nitrogen and oxygen atoms in total. The zero-order chi connectivity index (χ0) is 22.9. The minimum absolute atomic E-state index is 0.0881. The van der Waals surface area contributed by atoms with Gasteiger partial charge in [-0.25, -0.2) is 5.43 Å². The number of phenols is 1. The van der Waals surface area contributed by atoms with E-state index in [0.29, 0.717) is 34.7 Å². The van der Waals surface area contributed by atoms with Gasteiger partial charge in [-0.05, 0) is 43.3 Å². The Morgan fingerprint density at radius 3 is 2.75 bits per heavy atom. The van der Waals surface area contributed by atoms with Crippen LogP contribution in [0, 0.1) is 0 Å². The van der Waals surface area contributed by atoms with Crippen molar-refractivity contribution in [1.29, 1.82) is 0 Å². The summed E-state index contributed by atoms with van der Waals surface area (Å²) in [7, 11) is 0. The van der Waals surface area contributed by atoms with Gasteiger partial charge < -0.3 is 15.0 Å². The van der Waals surface area contributed by atoms with E-state index in [9.17, 15) is 9.90 Å². The van der Waals surface area contributed by atoms with Crippen LogP contribution in [-0.2, 0) is 17.9 Å². The summed E-state index contributed by atoms with van der Waals surface area (Å²) in [6, 6.07) is 14.1. The molecule has 2 aromatic carbocycles. The number of anilines is 1. The van der Waals surface area contributed by atoms with E-state index in [-0.39, 0.29) is 11.7 Å². The van der Waals surface area contributed by atoms with E-state index in [1.54, 1.807) is 37.3 Å². The van der Waals surface area contributed by atoms with Gasteiger partial charge in [-0.1, -0.05) is 41.6 Å². The molecule has 0 aliphatic carbocycles. The lowest BCUT2D eigenvalue weighted by atomic mass is 10.2. The Morgan fingerprint density at radius 1 is 1.28 bits per heavy atom. The van der Waals surface area contributed by atoms with Crippen LogP contribution in [0.2, 0.25) is 5.02 Å². The third-order valence-corrected chi connectivity index (χ3v) is 5.70. The molecule has 3 rings (SSSR count). The number of hydrazone groups is 1. The number of carbonyl (C=O) groups excluding carboxylic acids is 1. The Labute approximate surface area is 195 Å². The van der Waals surface area contributed by atoms with E-state index in [4.69, 9.17) is 11.6 Å². The third-order valence-electron chi connectivity index (χ3n) is 4.37. The molecule has 10 heteroatoms. The lowest BCUT2D eigenvalue weighted by Crippen LogP contribution is -2.27. The third kappa shape index (κ3) is 6.35. The van der Waals surface area contributed by atoms with Crippen molar-refractivity contribution in [3.8, 4) is 5.75 Å². The molecule has 3 N–H and O–H groups in total. The van der Waals surface area contributed by atoms with Crippen LogP contribution in [0.25, 0.3) is 0 Å². The molecule has 0 saturated carbocycles. The van der Waals surface area contributed by atoms with Crippen molar-refractivity contribution in [3.05, 3.63) is 77.6 Å². The fourth-order valence-electron chi connectivity index (χ4n) is 2.66. The molecule has 0 bridgehead atoms. The van der Waals surface area contributed by atoms with Gasteiger partial charge in [0, 0.05) is 22.8 Å². The van der Waals surface area contributed by atoms with Crippen molar-refractivity contribution < 1.29 is 9.90 Å². The van der Waals surface area contributed by atoms with Gasteiger partial charge in [-0.2, -0.15) is 5.10 Å². The van der Waals surface area contributed by atoms with Gasteiger partial charge >= 0.3 is 0 Å². The predicted molar refractivity (Wildman–Crippen MR) is 128 cm³/mol. The molecule has 0 saturated heterocycles. The van der Waals surface area contributed by atoms with Crippen LogP contribution in [0.5, 0.6) is 5.75 Å². The second kappa shape index (κ2) is 11.4. The van der Waals surface area contributed by atoms with E-state index >= 15 is 0 Å². The molecular formula is C22H23ClN6O2S. The van der Waals surface area contributed by atoms with Crippen molar-refractivity contribution in [2.45, 2.75) is 30.4 Å². The van der Waals surface area contributed by atoms with Crippen molar-refractivity contribution in [2.24, 2.45) is 5.10 Å². The second-order valence-electron chi connectivity index (χ2n) is 6.71. The molecule has 3 aromatic rings. The SMILES string of the molecule is C=CCn1c(CNc2ccc(Cl)cc2)nnc1SC(C)C(=O)NN=Cc1ccccc1O. The molecule has 0 aliphatic rings. The lowest BCUT2D eigenvalue weighted by Gasteiger charge is -2.12. The van der Waals surface area contributed by atoms with E-state index in [1.807, 2.05) is 28.8 Å². The van der Waals surface area contributed by atoms with Crippen LogP contribution in [0.15, 0.2) is 71.4 Å². The highest BCUT2D eigenvalue weighted by molar-refractivity contribution is 8.00. The maximum Gasteiger partial charge on any atom is 0.253 e. The highest BCUT2D eigenvalue weighted by Crippen LogP contribution is 2.23. The summed E-state index contributed by atoms with van der Waals surface area (Å²) < 4.78 is 1.90. The summed E-state index contributed by atoms with van der Waals surface area (Å²) in [6.45, 7) is 6.51. The number of hydrogen-bond donors (Lipinski definition) is 3. The maximum absolute atomic E-state index is 12.4. The van der Waals surface area contributed by atoms with Crippen LogP contribution < -0.4 is 10.7 Å². The first kappa shape index (κ1) is 23.4. The minimum Gasteiger partial charge on any atom is -0.507 e. The summed E-state index contributed by atoms with van der Waals surface area (Å²) in [6.07, 6.45) is 3.14. The average Bonchev–Trinajstić information content (AvgIpc) is 3.16. The van der Waals surface area contributed by atoms with Crippen LogP contribution in [0.3, 0.4) is 0 Å². The first-order chi connectivity index (χ1) is 15.5. The van der Waals surface area contributed by atoms with E-state index in [1.165, 1.54) is 18.0 Å². The molecule has 166 valence electrons. The Bertz CT molecular complexity index is 1100. The van der Waals surface area contributed by atoms with Crippen molar-refractivity contribution in [2.75, 3.05) is 5.32 Å². The molecule has 0 radical (unpaired) electrons. The topological polar surface area (TPSA) is 104 Å². The molecule has 0 aliphatic heterocycles. The molecule has 1 atom stereocenters. The summed E-state index contributed by atoms with van der Waals surface area (Å²) in [5, 5.41) is 26.2. The van der Waals surface area contributed by atoms with Crippen LogP contribution in [0.1, 0.15) is 18.3 Å². The maximum atomic E-state index is 12.4. The fourth-order valence-corrected chi connectivity index (χ4v) is 3.66. The number of thioether (sulfide) groups is 1. The number of carbonyl (C=O) groups is 1. The van der Waals surface area contributed by atoms with Gasteiger partial charge in [0.15, 0.2) is 11.0 Å². The number of aromatic hydroxyl groups is 1. The Hall–Kier alpha value is -3.30. The predicted octanol–water partition coefficient (Wildman–Crippen LogP) is 4.07. The van der Waals surface area contributed by atoms with Gasteiger partial charge in [0.1, 0.15) is 5.75 Å². The number of allylic oxidation sites excluding steroid dienone is 1. The smallest absolute Gasteiger partial charge is 0.253 e. The number of amides is 1. The van der Waals surface area contributed by atoms with Crippen LogP contribution in [0.4, 0.5) is 5.69 Å². The zero-order valence-corrected chi connectivity index (χ0v) is 19.0. The molecule has 0 fully saturated rings. The summed E-state index contributed by atoms with van der Waals surface area (Å²) in [5.41, 5.74) is 3.91. The number of rotatable bonds is 10. The first-order valence-corrected chi connectivity index (χ1v) is 11.0. The highest BCUT2D eigenvalue weighted by Gasteiger charge is 2.19. The fraction of sp³-hybridized carbons (Fsp3) is 0.182. The molecule has 1 amide bonds. The monoisotopic (exact) mass is 470 g/mol. The minimum atomic E-state index is -0.471. The number of aromatic nitrogens is 3. The standard InChI is InChI=1S/C22H23ClN6O2S/c1-3-12-29-20(14-24-18-10-8-17(23)9-11-18)26-28-22(29)32-15(2)21(31)27-25-13-16-6-4-5-7-19(16)30/h3-11,13,15,24,30H,1,12,14H2,2H3,(H,27,31). The molecule has 1 aromatic heterocycles. The number of nitrogens with zero attached hydrogens (tertiary/aromatic N) is 4. The Morgan fingerprint density at radius 2 is 2.03 bits per heavy atom. The van der Waals surface area contributed by atoms with Crippen molar-refractivity contribution >= 4 is 41.2 Å². The second-order valence-corrected chi connectivity index (χ2v) is 8.46. The molecule has 0 spiro atoms. The highest BCUT2D eigenvalue weighted by atomic mass is 35.5.